The molecule has 7 rings (SSSR count). The second-order valence-electron chi connectivity index (χ2n) is 10.5. The van der Waals surface area contributed by atoms with E-state index in [1.165, 1.54) is 42.9 Å². The summed E-state index contributed by atoms with van der Waals surface area (Å²) in [5.41, 5.74) is 9.60. The molecule has 3 aliphatic rings. The fourth-order valence-corrected chi connectivity index (χ4v) is 9.80. The minimum absolute atomic E-state index is 0.0230. The van der Waals surface area contributed by atoms with Gasteiger partial charge in [0.15, 0.2) is 0 Å². The van der Waals surface area contributed by atoms with Gasteiger partial charge in [-0.1, -0.05) is 98.8 Å². The van der Waals surface area contributed by atoms with Crippen LogP contribution < -0.4 is 0 Å². The van der Waals surface area contributed by atoms with Crippen molar-refractivity contribution in [3.63, 3.8) is 0 Å². The van der Waals surface area contributed by atoms with Crippen molar-refractivity contribution in [3.8, 4) is 0 Å². The molecule has 1 heteroatoms. The molecule has 0 amide bonds. The van der Waals surface area contributed by atoms with Crippen molar-refractivity contribution in [2.24, 2.45) is 0 Å². The summed E-state index contributed by atoms with van der Waals surface area (Å²) in [4.78, 5) is 0. The number of benzene rings is 4. The highest BCUT2D eigenvalue weighted by atomic mass is 32.2. The Bertz CT molecular complexity index is 1360. The van der Waals surface area contributed by atoms with Crippen LogP contribution in [0.3, 0.4) is 0 Å². The summed E-state index contributed by atoms with van der Waals surface area (Å²) in [7, 11) is 0. The van der Waals surface area contributed by atoms with Crippen LogP contribution in [0.1, 0.15) is 84.7 Å². The van der Waals surface area contributed by atoms with E-state index in [-0.39, 0.29) is 9.49 Å². The molecule has 0 nitrogen and oxygen atoms in total. The summed E-state index contributed by atoms with van der Waals surface area (Å²) in [5, 5.41) is 2.85. The lowest BCUT2D eigenvalue weighted by atomic mass is 9.69. The number of rotatable bonds is 2. The van der Waals surface area contributed by atoms with Gasteiger partial charge in [-0.3, -0.25) is 0 Å². The van der Waals surface area contributed by atoms with E-state index in [4.69, 9.17) is 0 Å². The SMILES string of the molecule is CCC1c2ccccc2C2(SC23CCCc2c3ccc3ccccc23)c2ccccc2C1CC. The van der Waals surface area contributed by atoms with Crippen molar-refractivity contribution in [1.29, 1.82) is 0 Å². The first kappa shape index (κ1) is 20.8. The maximum Gasteiger partial charge on any atom is 0.0860 e. The topological polar surface area (TPSA) is 0 Å². The van der Waals surface area contributed by atoms with E-state index in [2.05, 4.69) is 111 Å². The normalized spacial score (nSPS) is 28.9. The molecule has 1 heterocycles. The van der Waals surface area contributed by atoms with Gasteiger partial charge in [0.1, 0.15) is 0 Å². The van der Waals surface area contributed by atoms with Gasteiger partial charge in [0.25, 0.3) is 0 Å². The van der Waals surface area contributed by atoms with Crippen LogP contribution in [-0.2, 0) is 15.9 Å². The largest absolute Gasteiger partial charge is 0.130 e. The molecule has 2 aliphatic carbocycles. The lowest BCUT2D eigenvalue weighted by Gasteiger charge is -2.32. The summed E-state index contributed by atoms with van der Waals surface area (Å²) in [6.07, 6.45) is 6.12. The maximum absolute atomic E-state index is 2.49. The molecule has 0 aromatic heterocycles. The van der Waals surface area contributed by atoms with Gasteiger partial charge in [0.2, 0.25) is 0 Å². The first-order valence-corrected chi connectivity index (χ1v) is 14.0. The highest BCUT2D eigenvalue weighted by Gasteiger charge is 2.73. The van der Waals surface area contributed by atoms with Crippen molar-refractivity contribution in [3.05, 3.63) is 118 Å². The zero-order valence-corrected chi connectivity index (χ0v) is 21.0. The molecule has 0 saturated carbocycles. The molecule has 0 bridgehead atoms. The van der Waals surface area contributed by atoms with Gasteiger partial charge in [-0.15, -0.1) is 11.8 Å². The maximum atomic E-state index is 2.49. The van der Waals surface area contributed by atoms with Crippen molar-refractivity contribution >= 4 is 22.5 Å². The third-order valence-electron chi connectivity index (χ3n) is 9.13. The summed E-state index contributed by atoms with van der Waals surface area (Å²) >= 11 is 2.26. The van der Waals surface area contributed by atoms with Gasteiger partial charge in [-0.2, -0.15) is 0 Å². The van der Waals surface area contributed by atoms with Gasteiger partial charge >= 0.3 is 0 Å². The lowest BCUT2D eigenvalue weighted by molar-refractivity contribution is 0.501. The number of aryl methyl sites for hydroxylation is 1. The molecule has 0 N–H and O–H groups in total. The Kier molecular flexibility index (Phi) is 4.59. The van der Waals surface area contributed by atoms with Gasteiger partial charge in [0, 0.05) is 0 Å². The summed E-state index contributed by atoms with van der Waals surface area (Å²) in [6, 6.07) is 32.9. The predicted molar refractivity (Wildman–Crippen MR) is 146 cm³/mol. The van der Waals surface area contributed by atoms with Gasteiger partial charge < -0.3 is 0 Å². The molecular weight excluding hydrogens is 428 g/mol. The fraction of sp³-hybridized carbons (Fsp3) is 0.333. The first-order valence-electron chi connectivity index (χ1n) is 13.1. The van der Waals surface area contributed by atoms with E-state index in [1.54, 1.807) is 33.4 Å². The van der Waals surface area contributed by atoms with Crippen LogP contribution in [0.15, 0.2) is 84.9 Å². The second-order valence-corrected chi connectivity index (χ2v) is 12.0. The number of thioether (sulfide) groups is 1. The molecule has 4 aromatic rings. The van der Waals surface area contributed by atoms with Crippen LogP contribution in [0.25, 0.3) is 10.8 Å². The van der Waals surface area contributed by atoms with Crippen LogP contribution >= 0.6 is 11.8 Å². The fourth-order valence-electron chi connectivity index (χ4n) is 7.75. The summed E-state index contributed by atoms with van der Waals surface area (Å²) in [6.45, 7) is 4.78. The third kappa shape index (κ3) is 2.52. The summed E-state index contributed by atoms with van der Waals surface area (Å²) < 4.78 is 0.160. The predicted octanol–water partition coefficient (Wildman–Crippen LogP) is 9.06. The van der Waals surface area contributed by atoms with E-state index < -0.39 is 0 Å². The highest BCUT2D eigenvalue weighted by Crippen LogP contribution is 2.83. The van der Waals surface area contributed by atoms with E-state index in [9.17, 15) is 0 Å². The van der Waals surface area contributed by atoms with Gasteiger partial charge in [-0.25, -0.2) is 0 Å². The zero-order chi connectivity index (χ0) is 22.9. The number of hydrogen-bond donors (Lipinski definition) is 0. The molecule has 4 aromatic carbocycles. The quantitative estimate of drug-likeness (QED) is 0.269. The Labute approximate surface area is 207 Å². The third-order valence-corrected chi connectivity index (χ3v) is 11.1. The van der Waals surface area contributed by atoms with Crippen molar-refractivity contribution < 1.29 is 0 Å². The molecule has 2 spiro atoms. The monoisotopic (exact) mass is 460 g/mol. The van der Waals surface area contributed by atoms with Gasteiger partial charge in [-0.05, 0) is 88.1 Å². The number of hydrogen-bond acceptors (Lipinski definition) is 1. The molecule has 1 saturated heterocycles. The van der Waals surface area contributed by atoms with Crippen molar-refractivity contribution in [1.82, 2.24) is 0 Å². The lowest BCUT2D eigenvalue weighted by Crippen LogP contribution is -2.29. The molecule has 3 atom stereocenters. The highest BCUT2D eigenvalue weighted by molar-refractivity contribution is 8.08. The van der Waals surface area contributed by atoms with Crippen LogP contribution in [0.4, 0.5) is 0 Å². The van der Waals surface area contributed by atoms with Crippen LogP contribution in [0, 0.1) is 0 Å². The molecule has 3 unspecified atom stereocenters. The molecular formula is C33H32S. The molecule has 170 valence electrons. The Morgan fingerprint density at radius 2 is 1.32 bits per heavy atom. The van der Waals surface area contributed by atoms with Gasteiger partial charge in [0.05, 0.1) is 9.49 Å². The van der Waals surface area contributed by atoms with Crippen LogP contribution in [0.2, 0.25) is 0 Å². The van der Waals surface area contributed by atoms with E-state index in [0.717, 1.165) is 0 Å². The van der Waals surface area contributed by atoms with Crippen LogP contribution in [0.5, 0.6) is 0 Å². The zero-order valence-electron chi connectivity index (χ0n) is 20.2. The van der Waals surface area contributed by atoms with E-state index >= 15 is 0 Å². The Morgan fingerprint density at radius 1 is 0.706 bits per heavy atom. The average molecular weight is 461 g/mol. The summed E-state index contributed by atoms with van der Waals surface area (Å²) in [5.74, 6) is 1.17. The first-order chi connectivity index (χ1) is 16.7. The van der Waals surface area contributed by atoms with Crippen molar-refractivity contribution in [2.45, 2.75) is 67.3 Å². The second kappa shape index (κ2) is 7.49. The Hall–Kier alpha value is -2.51. The Balaban J connectivity index is 1.55. The standard InChI is InChI=1S/C33H32S/c1-3-23-24(4-2)27-15-8-10-18-31(27)33(30-17-9-7-14-26(23)30)32(34-33)21-11-16-28-25-13-6-5-12-22(25)19-20-29(28)32/h5-10,12-15,17-20,23-24H,3-4,11,16,21H2,1-2H3. The minimum atomic E-state index is 0.0230. The van der Waals surface area contributed by atoms with E-state index in [1.807, 2.05) is 0 Å². The minimum Gasteiger partial charge on any atom is -0.130 e. The van der Waals surface area contributed by atoms with E-state index in [0.29, 0.717) is 11.8 Å². The molecule has 0 radical (unpaired) electrons. The van der Waals surface area contributed by atoms with Crippen LogP contribution in [-0.4, -0.2) is 0 Å². The Morgan fingerprint density at radius 3 is 2.00 bits per heavy atom. The number of fused-ring (bicyclic) bond motifs is 9. The molecule has 34 heavy (non-hydrogen) atoms. The average Bonchev–Trinajstić information content (AvgIpc) is 3.58. The molecule has 1 fully saturated rings. The molecule has 1 aliphatic heterocycles. The van der Waals surface area contributed by atoms with Crippen molar-refractivity contribution in [2.75, 3.05) is 0 Å². The smallest absolute Gasteiger partial charge is 0.0860 e.